The molecule has 5 rings (SSSR count). The molecule has 1 N–H and O–H groups in total. The summed E-state index contributed by atoms with van der Waals surface area (Å²) in [5.74, 6) is -0.361. The van der Waals surface area contributed by atoms with Gasteiger partial charge in [-0.15, -0.1) is 0 Å². The molecule has 5 nitrogen and oxygen atoms in total. The normalized spacial score (nSPS) is 25.1. The minimum atomic E-state index is -0.827. The molecule has 29 heavy (non-hydrogen) atoms. The zero-order chi connectivity index (χ0) is 20.2. The van der Waals surface area contributed by atoms with Gasteiger partial charge in [-0.1, -0.05) is 56.2 Å². The lowest BCUT2D eigenvalue weighted by atomic mass is 9.73. The number of benzene rings is 2. The summed E-state index contributed by atoms with van der Waals surface area (Å²) in [6, 6.07) is 13.5. The minimum Gasteiger partial charge on any atom is -0.323 e. The third-order valence-corrected chi connectivity index (χ3v) is 6.92. The average molecular weight is 388 g/mol. The van der Waals surface area contributed by atoms with Crippen LogP contribution >= 0.6 is 0 Å². The number of hydrogen-bond donors (Lipinski definition) is 1. The van der Waals surface area contributed by atoms with Crippen LogP contribution in [0.2, 0.25) is 0 Å². The van der Waals surface area contributed by atoms with Crippen LogP contribution in [0, 0.1) is 5.92 Å². The number of rotatable bonds is 3. The van der Waals surface area contributed by atoms with E-state index in [1.165, 1.54) is 11.1 Å². The third kappa shape index (κ3) is 2.71. The van der Waals surface area contributed by atoms with Crippen molar-refractivity contribution in [2.24, 2.45) is 5.92 Å². The van der Waals surface area contributed by atoms with Gasteiger partial charge in [0.2, 0.25) is 0 Å². The largest absolute Gasteiger partial charge is 0.325 e. The fraction of sp³-hybridized carbons (Fsp3) is 0.375. The second-order valence-electron chi connectivity index (χ2n) is 8.57. The molecular formula is C24H24N2O3. The number of fused-ring (bicyclic) bond motifs is 3. The molecule has 2 atom stereocenters. The third-order valence-electron chi connectivity index (χ3n) is 6.92. The van der Waals surface area contributed by atoms with Crippen molar-refractivity contribution >= 4 is 17.7 Å². The summed E-state index contributed by atoms with van der Waals surface area (Å²) < 4.78 is 0. The molecule has 1 aliphatic heterocycles. The Balaban J connectivity index is 1.39. The van der Waals surface area contributed by atoms with E-state index in [-0.39, 0.29) is 24.2 Å². The summed E-state index contributed by atoms with van der Waals surface area (Å²) in [6.07, 6.45) is 4.43. The highest BCUT2D eigenvalue weighted by Crippen LogP contribution is 2.39. The number of hydrogen-bond acceptors (Lipinski definition) is 3. The highest BCUT2D eigenvalue weighted by molar-refractivity contribution is 6.11. The van der Waals surface area contributed by atoms with Crippen molar-refractivity contribution in [3.05, 3.63) is 59.2 Å². The van der Waals surface area contributed by atoms with Gasteiger partial charge in [0.25, 0.3) is 5.91 Å². The summed E-state index contributed by atoms with van der Waals surface area (Å²) in [5.41, 5.74) is 4.40. The Morgan fingerprint density at radius 3 is 2.72 bits per heavy atom. The zero-order valence-corrected chi connectivity index (χ0v) is 16.5. The Morgan fingerprint density at radius 1 is 1.10 bits per heavy atom. The molecule has 2 fully saturated rings. The number of carbonyl (C=O) groups excluding carboxylic acids is 3. The Hall–Kier alpha value is -2.95. The highest BCUT2D eigenvalue weighted by Gasteiger charge is 2.55. The van der Waals surface area contributed by atoms with Gasteiger partial charge in [0.1, 0.15) is 5.54 Å². The summed E-state index contributed by atoms with van der Waals surface area (Å²) in [6.45, 7) is 1.81. The molecule has 1 spiro atoms. The quantitative estimate of drug-likeness (QED) is 0.546. The van der Waals surface area contributed by atoms with E-state index < -0.39 is 11.6 Å². The smallest absolute Gasteiger partial charge is 0.323 e. The molecule has 1 saturated heterocycles. The molecule has 0 unspecified atom stereocenters. The van der Waals surface area contributed by atoms with Crippen LogP contribution in [0.4, 0.5) is 4.79 Å². The van der Waals surface area contributed by atoms with E-state index in [0.717, 1.165) is 41.7 Å². The van der Waals surface area contributed by atoms with E-state index in [0.29, 0.717) is 12.0 Å². The minimum absolute atomic E-state index is 0.0873. The van der Waals surface area contributed by atoms with E-state index in [9.17, 15) is 14.4 Å². The van der Waals surface area contributed by atoms with Crippen LogP contribution in [0.5, 0.6) is 0 Å². The molecule has 1 saturated carbocycles. The van der Waals surface area contributed by atoms with Gasteiger partial charge in [-0.3, -0.25) is 14.5 Å². The highest BCUT2D eigenvalue weighted by atomic mass is 16.2. The van der Waals surface area contributed by atoms with E-state index in [1.54, 1.807) is 0 Å². The molecule has 0 radical (unpaired) electrons. The van der Waals surface area contributed by atoms with Crippen LogP contribution in [-0.2, 0) is 11.2 Å². The van der Waals surface area contributed by atoms with Crippen LogP contribution in [0.1, 0.15) is 54.1 Å². The van der Waals surface area contributed by atoms with E-state index in [2.05, 4.69) is 17.4 Å². The fourth-order valence-corrected chi connectivity index (χ4v) is 5.17. The zero-order valence-electron chi connectivity index (χ0n) is 16.5. The van der Waals surface area contributed by atoms with Crippen LogP contribution < -0.4 is 5.32 Å². The molecule has 5 heteroatoms. The van der Waals surface area contributed by atoms with Gasteiger partial charge in [0.15, 0.2) is 5.78 Å². The van der Waals surface area contributed by atoms with Crippen LogP contribution in [0.25, 0.3) is 11.1 Å². The van der Waals surface area contributed by atoms with Crippen molar-refractivity contribution in [2.75, 3.05) is 6.54 Å². The Kier molecular flexibility index (Phi) is 4.09. The monoisotopic (exact) mass is 388 g/mol. The van der Waals surface area contributed by atoms with Gasteiger partial charge in [-0.05, 0) is 53.5 Å². The molecular weight excluding hydrogens is 364 g/mol. The molecule has 2 aromatic carbocycles. The first-order valence-corrected chi connectivity index (χ1v) is 10.4. The lowest BCUT2D eigenvalue weighted by Gasteiger charge is -2.36. The first-order valence-electron chi connectivity index (χ1n) is 10.4. The van der Waals surface area contributed by atoms with Crippen molar-refractivity contribution in [1.29, 1.82) is 0 Å². The molecule has 148 valence electrons. The Morgan fingerprint density at radius 2 is 1.90 bits per heavy atom. The van der Waals surface area contributed by atoms with Gasteiger partial charge >= 0.3 is 6.03 Å². The molecule has 3 amide bonds. The summed E-state index contributed by atoms with van der Waals surface area (Å²) in [7, 11) is 0. The van der Waals surface area contributed by atoms with E-state index in [4.69, 9.17) is 0 Å². The van der Waals surface area contributed by atoms with Gasteiger partial charge in [0, 0.05) is 5.56 Å². The van der Waals surface area contributed by atoms with Crippen molar-refractivity contribution in [3.8, 4) is 11.1 Å². The number of nitrogens with zero attached hydrogens (tertiary/aromatic N) is 1. The molecule has 0 aromatic heterocycles. The first-order chi connectivity index (χ1) is 14.0. The van der Waals surface area contributed by atoms with Gasteiger partial charge in [-0.25, -0.2) is 4.79 Å². The molecule has 2 aromatic rings. The summed E-state index contributed by atoms with van der Waals surface area (Å²) >= 11 is 0. The van der Waals surface area contributed by atoms with E-state index in [1.807, 2.05) is 37.3 Å². The van der Waals surface area contributed by atoms with Gasteiger partial charge < -0.3 is 5.32 Å². The van der Waals surface area contributed by atoms with Crippen molar-refractivity contribution < 1.29 is 14.4 Å². The fourth-order valence-electron chi connectivity index (χ4n) is 5.17. The van der Waals surface area contributed by atoms with Gasteiger partial charge in [-0.2, -0.15) is 0 Å². The molecule has 2 aliphatic carbocycles. The van der Waals surface area contributed by atoms with E-state index >= 15 is 0 Å². The second-order valence-corrected chi connectivity index (χ2v) is 8.57. The second kappa shape index (κ2) is 6.55. The topological polar surface area (TPSA) is 66.5 Å². The number of ketones is 1. The van der Waals surface area contributed by atoms with Crippen LogP contribution in [-0.4, -0.2) is 34.7 Å². The maximum atomic E-state index is 13.1. The number of imide groups is 1. The van der Waals surface area contributed by atoms with Crippen molar-refractivity contribution in [2.45, 2.75) is 44.6 Å². The maximum Gasteiger partial charge on any atom is 0.325 e. The molecule has 3 aliphatic rings. The number of amides is 3. The van der Waals surface area contributed by atoms with Crippen LogP contribution in [0.15, 0.2) is 42.5 Å². The number of carbonyl (C=O) groups is 3. The lowest BCUT2D eigenvalue weighted by molar-refractivity contribution is -0.133. The Labute approximate surface area is 170 Å². The average Bonchev–Trinajstić information content (AvgIpc) is 3.21. The number of Topliss-reactive ketones (excluding diaryl/α,β-unsaturated/α-hetero) is 1. The molecule has 0 bridgehead atoms. The van der Waals surface area contributed by atoms with Gasteiger partial charge in [0.05, 0.1) is 6.54 Å². The number of urea groups is 1. The predicted molar refractivity (Wildman–Crippen MR) is 110 cm³/mol. The van der Waals surface area contributed by atoms with Crippen molar-refractivity contribution in [3.63, 3.8) is 0 Å². The standard InChI is InChI=1S/C24H24N2O3/c1-15-6-4-5-11-24(15)22(28)26(23(29)25-24)14-21(27)18-10-9-17-12-16-7-2-3-8-19(16)20(17)13-18/h2-3,7-10,13,15H,4-6,11-12,14H2,1H3,(H,25,29)/t15-,24+/m1/s1. The Bertz CT molecular complexity index is 1040. The summed E-state index contributed by atoms with van der Waals surface area (Å²) in [4.78, 5) is 39.8. The first kappa shape index (κ1) is 18.1. The number of nitrogens with one attached hydrogen (secondary N) is 1. The van der Waals surface area contributed by atoms with Crippen molar-refractivity contribution in [1.82, 2.24) is 10.2 Å². The molecule has 1 heterocycles. The maximum absolute atomic E-state index is 13.1. The predicted octanol–water partition coefficient (Wildman–Crippen LogP) is 3.94. The van der Waals surface area contributed by atoms with Crippen LogP contribution in [0.3, 0.4) is 0 Å². The summed E-state index contributed by atoms with van der Waals surface area (Å²) in [5, 5.41) is 2.92. The lowest BCUT2D eigenvalue weighted by Crippen LogP contribution is -2.54. The SMILES string of the molecule is C[C@@H]1CCCC[C@]12NC(=O)N(CC(=O)c1ccc3c(c1)-c1ccccc1C3)C2=O.